The molecule has 0 radical (unpaired) electrons. The molecule has 0 aromatic rings. The van der Waals surface area contributed by atoms with E-state index in [0.29, 0.717) is 6.42 Å². The zero-order valence-electron chi connectivity index (χ0n) is 7.87. The number of hydrogen-bond donors (Lipinski definition) is 2. The van der Waals surface area contributed by atoms with Gasteiger partial charge in [-0.15, -0.1) is 0 Å². The highest BCUT2D eigenvalue weighted by Gasteiger charge is 1.99. The summed E-state index contributed by atoms with van der Waals surface area (Å²) >= 11 is 0. The Morgan fingerprint density at radius 2 is 2.00 bits per heavy atom. The van der Waals surface area contributed by atoms with Crippen LogP contribution in [0.2, 0.25) is 0 Å². The van der Waals surface area contributed by atoms with Crippen molar-refractivity contribution >= 4 is 0 Å². The standard InChI is InChI=1S/C10H20O2/c1-2-3-4-7-10(12)8-5-6-9-11/h5-6,10-12H,2-4,7-9H2,1H3/b6-5+. The van der Waals surface area contributed by atoms with E-state index in [0.717, 1.165) is 12.8 Å². The summed E-state index contributed by atoms with van der Waals surface area (Å²) in [5.74, 6) is 0. The maximum absolute atomic E-state index is 9.37. The zero-order valence-corrected chi connectivity index (χ0v) is 7.87. The van der Waals surface area contributed by atoms with Gasteiger partial charge in [-0.25, -0.2) is 0 Å². The fraction of sp³-hybridized carbons (Fsp3) is 0.800. The van der Waals surface area contributed by atoms with Crippen molar-refractivity contribution in [2.45, 2.75) is 45.1 Å². The molecule has 2 nitrogen and oxygen atoms in total. The highest BCUT2D eigenvalue weighted by molar-refractivity contribution is 4.83. The Morgan fingerprint density at radius 3 is 2.58 bits per heavy atom. The average molecular weight is 172 g/mol. The summed E-state index contributed by atoms with van der Waals surface area (Å²) in [5.41, 5.74) is 0. The van der Waals surface area contributed by atoms with Crippen molar-refractivity contribution in [1.29, 1.82) is 0 Å². The first-order valence-corrected chi connectivity index (χ1v) is 4.75. The number of aliphatic hydroxyl groups is 2. The average Bonchev–Trinajstić information content (AvgIpc) is 2.06. The van der Waals surface area contributed by atoms with E-state index in [1.165, 1.54) is 12.8 Å². The SMILES string of the molecule is CCCCCC(O)C/C=C/CO. The zero-order chi connectivity index (χ0) is 9.23. The number of aliphatic hydroxyl groups excluding tert-OH is 2. The summed E-state index contributed by atoms with van der Waals surface area (Å²) in [6.07, 6.45) is 8.32. The van der Waals surface area contributed by atoms with Crippen LogP contribution in [-0.2, 0) is 0 Å². The van der Waals surface area contributed by atoms with Gasteiger partial charge in [-0.2, -0.15) is 0 Å². The second kappa shape index (κ2) is 8.75. The van der Waals surface area contributed by atoms with Crippen molar-refractivity contribution < 1.29 is 10.2 Å². The van der Waals surface area contributed by atoms with E-state index in [2.05, 4.69) is 6.92 Å². The molecule has 0 bridgehead atoms. The van der Waals surface area contributed by atoms with Gasteiger partial charge in [0.1, 0.15) is 0 Å². The van der Waals surface area contributed by atoms with Crippen molar-refractivity contribution in [1.82, 2.24) is 0 Å². The third-order valence-corrected chi connectivity index (χ3v) is 1.82. The first-order chi connectivity index (χ1) is 5.81. The molecule has 2 heteroatoms. The smallest absolute Gasteiger partial charge is 0.0612 e. The Kier molecular flexibility index (Phi) is 8.51. The van der Waals surface area contributed by atoms with Gasteiger partial charge in [0.25, 0.3) is 0 Å². The monoisotopic (exact) mass is 172 g/mol. The second-order valence-corrected chi connectivity index (χ2v) is 3.04. The summed E-state index contributed by atoms with van der Waals surface area (Å²) < 4.78 is 0. The fourth-order valence-corrected chi connectivity index (χ4v) is 1.08. The van der Waals surface area contributed by atoms with Crippen LogP contribution in [0, 0.1) is 0 Å². The maximum atomic E-state index is 9.37. The molecule has 0 saturated heterocycles. The van der Waals surface area contributed by atoms with E-state index in [1.807, 2.05) is 6.08 Å². The Hall–Kier alpha value is -0.340. The van der Waals surface area contributed by atoms with Crippen molar-refractivity contribution in [2.75, 3.05) is 6.61 Å². The van der Waals surface area contributed by atoms with E-state index in [1.54, 1.807) is 6.08 Å². The van der Waals surface area contributed by atoms with E-state index < -0.39 is 0 Å². The number of unbranched alkanes of at least 4 members (excludes halogenated alkanes) is 2. The molecule has 2 N–H and O–H groups in total. The minimum atomic E-state index is -0.223. The first kappa shape index (κ1) is 11.7. The van der Waals surface area contributed by atoms with Gasteiger partial charge in [-0.05, 0) is 12.8 Å². The van der Waals surface area contributed by atoms with E-state index >= 15 is 0 Å². The van der Waals surface area contributed by atoms with Gasteiger partial charge in [0, 0.05) is 0 Å². The third kappa shape index (κ3) is 7.76. The molecular weight excluding hydrogens is 152 g/mol. The number of rotatable bonds is 7. The van der Waals surface area contributed by atoms with Crippen molar-refractivity contribution in [3.8, 4) is 0 Å². The lowest BCUT2D eigenvalue weighted by molar-refractivity contribution is 0.164. The Bertz CT molecular complexity index is 110. The molecule has 0 rings (SSSR count). The van der Waals surface area contributed by atoms with E-state index in [4.69, 9.17) is 5.11 Å². The molecule has 0 aromatic heterocycles. The molecule has 0 spiro atoms. The Labute approximate surface area is 74.9 Å². The van der Waals surface area contributed by atoms with Gasteiger partial charge >= 0.3 is 0 Å². The fourth-order valence-electron chi connectivity index (χ4n) is 1.08. The van der Waals surface area contributed by atoms with Crippen LogP contribution in [0.3, 0.4) is 0 Å². The second-order valence-electron chi connectivity index (χ2n) is 3.04. The van der Waals surface area contributed by atoms with Gasteiger partial charge in [0.15, 0.2) is 0 Å². The lowest BCUT2D eigenvalue weighted by Crippen LogP contribution is -2.04. The van der Waals surface area contributed by atoms with Crippen LogP contribution >= 0.6 is 0 Å². The van der Waals surface area contributed by atoms with E-state index in [-0.39, 0.29) is 12.7 Å². The van der Waals surface area contributed by atoms with Crippen molar-refractivity contribution in [2.24, 2.45) is 0 Å². The summed E-state index contributed by atoms with van der Waals surface area (Å²) in [7, 11) is 0. The highest BCUT2D eigenvalue weighted by Crippen LogP contribution is 2.06. The lowest BCUT2D eigenvalue weighted by atomic mass is 10.1. The maximum Gasteiger partial charge on any atom is 0.0612 e. The molecule has 0 heterocycles. The Balaban J connectivity index is 3.21. The van der Waals surface area contributed by atoms with Crippen LogP contribution in [0.4, 0.5) is 0 Å². The van der Waals surface area contributed by atoms with Crippen LogP contribution in [0.15, 0.2) is 12.2 Å². The molecule has 72 valence electrons. The van der Waals surface area contributed by atoms with Gasteiger partial charge in [0.05, 0.1) is 12.7 Å². The van der Waals surface area contributed by atoms with Crippen LogP contribution in [-0.4, -0.2) is 22.9 Å². The summed E-state index contributed by atoms with van der Waals surface area (Å²) in [5, 5.41) is 17.8. The normalized spacial score (nSPS) is 13.9. The molecule has 0 aliphatic rings. The third-order valence-electron chi connectivity index (χ3n) is 1.82. The molecule has 1 atom stereocenters. The van der Waals surface area contributed by atoms with Crippen molar-refractivity contribution in [3.63, 3.8) is 0 Å². The van der Waals surface area contributed by atoms with Crippen LogP contribution in [0.1, 0.15) is 39.0 Å². The summed E-state index contributed by atoms with van der Waals surface area (Å²) in [6.45, 7) is 2.22. The predicted molar refractivity (Wildman–Crippen MR) is 51.0 cm³/mol. The molecule has 0 aliphatic heterocycles. The van der Waals surface area contributed by atoms with Crippen molar-refractivity contribution in [3.05, 3.63) is 12.2 Å². The van der Waals surface area contributed by atoms with Gasteiger partial charge in [-0.3, -0.25) is 0 Å². The predicted octanol–water partition coefficient (Wildman–Crippen LogP) is 1.87. The topological polar surface area (TPSA) is 40.5 Å². The highest BCUT2D eigenvalue weighted by atomic mass is 16.3. The first-order valence-electron chi connectivity index (χ1n) is 4.75. The molecule has 0 aliphatic carbocycles. The van der Waals surface area contributed by atoms with Crippen LogP contribution in [0.5, 0.6) is 0 Å². The van der Waals surface area contributed by atoms with Crippen LogP contribution in [0.25, 0.3) is 0 Å². The largest absolute Gasteiger partial charge is 0.393 e. The minimum absolute atomic E-state index is 0.0711. The molecule has 1 unspecified atom stereocenters. The lowest BCUT2D eigenvalue weighted by Gasteiger charge is -2.06. The summed E-state index contributed by atoms with van der Waals surface area (Å²) in [6, 6.07) is 0. The summed E-state index contributed by atoms with van der Waals surface area (Å²) in [4.78, 5) is 0. The molecule has 0 amide bonds. The molecular formula is C10H20O2. The molecule has 12 heavy (non-hydrogen) atoms. The number of hydrogen-bond acceptors (Lipinski definition) is 2. The van der Waals surface area contributed by atoms with Gasteiger partial charge < -0.3 is 10.2 Å². The Morgan fingerprint density at radius 1 is 1.25 bits per heavy atom. The minimum Gasteiger partial charge on any atom is -0.393 e. The van der Waals surface area contributed by atoms with Gasteiger partial charge in [0.2, 0.25) is 0 Å². The van der Waals surface area contributed by atoms with Gasteiger partial charge in [-0.1, -0.05) is 38.3 Å². The molecule has 0 saturated carbocycles. The molecule has 0 aromatic carbocycles. The van der Waals surface area contributed by atoms with E-state index in [9.17, 15) is 5.11 Å². The quantitative estimate of drug-likeness (QED) is 0.454. The van der Waals surface area contributed by atoms with Crippen LogP contribution < -0.4 is 0 Å². The molecule has 0 fully saturated rings.